The van der Waals surface area contributed by atoms with Crippen molar-refractivity contribution in [3.63, 3.8) is 0 Å². The van der Waals surface area contributed by atoms with Crippen molar-refractivity contribution in [2.75, 3.05) is 44.2 Å². The van der Waals surface area contributed by atoms with Crippen molar-refractivity contribution in [2.45, 2.75) is 52.4 Å². The summed E-state index contributed by atoms with van der Waals surface area (Å²) >= 11 is 1.61. The predicted molar refractivity (Wildman–Crippen MR) is 122 cm³/mol. The summed E-state index contributed by atoms with van der Waals surface area (Å²) in [5.74, 6) is 0.224. The molecule has 2 aromatic rings. The molecule has 4 rings (SSSR count). The number of nitrogens with zero attached hydrogens (tertiary/aromatic N) is 5. The van der Waals surface area contributed by atoms with Gasteiger partial charge in [-0.3, -0.25) is 9.36 Å². The van der Waals surface area contributed by atoms with Gasteiger partial charge in [-0.2, -0.15) is 0 Å². The SMILES string of the molecule is Cc1ccc(C)n1-c1nnc(N2CCC[C@@H](C(=O)NCCN3CCCCCC3)C2)s1. The number of aryl methyl sites for hydroxylation is 2. The van der Waals surface area contributed by atoms with Gasteiger partial charge in [0.05, 0.1) is 5.92 Å². The number of hydrogen-bond donors (Lipinski definition) is 1. The number of hydrogen-bond acceptors (Lipinski definition) is 6. The standard InChI is InChI=1S/C22H34N6OS/c1-17-9-10-18(2)28(17)22-25-24-21(30-22)27-14-7-8-19(16-27)20(29)23-11-15-26-12-5-3-4-6-13-26/h9-10,19H,3-8,11-16H2,1-2H3,(H,23,29)/t19-/m1/s1. The number of carbonyl (C=O) groups is 1. The van der Waals surface area contributed by atoms with E-state index in [1.54, 1.807) is 11.3 Å². The molecule has 0 radical (unpaired) electrons. The smallest absolute Gasteiger partial charge is 0.224 e. The summed E-state index contributed by atoms with van der Waals surface area (Å²) in [6, 6.07) is 4.20. The normalized spacial score (nSPS) is 20.9. The Bertz CT molecular complexity index is 819. The van der Waals surface area contributed by atoms with Crippen molar-refractivity contribution < 1.29 is 4.79 Å². The maximum atomic E-state index is 12.8. The molecular weight excluding hydrogens is 396 g/mol. The lowest BCUT2D eigenvalue weighted by Gasteiger charge is -2.31. The minimum atomic E-state index is 0.0327. The highest BCUT2D eigenvalue weighted by Crippen LogP contribution is 2.29. The van der Waals surface area contributed by atoms with Crippen LogP contribution in [0.1, 0.15) is 49.9 Å². The van der Waals surface area contributed by atoms with Crippen LogP contribution in [0.4, 0.5) is 5.13 Å². The van der Waals surface area contributed by atoms with E-state index in [9.17, 15) is 4.79 Å². The molecule has 2 aliphatic rings. The number of likely N-dealkylation sites (tertiary alicyclic amines) is 1. The second-order valence-corrected chi connectivity index (χ2v) is 9.59. The number of amides is 1. The molecule has 2 aliphatic heterocycles. The van der Waals surface area contributed by atoms with E-state index in [1.807, 2.05) is 0 Å². The van der Waals surface area contributed by atoms with Gasteiger partial charge in [0.25, 0.3) is 0 Å². The van der Waals surface area contributed by atoms with Crippen LogP contribution in [0, 0.1) is 19.8 Å². The summed E-state index contributed by atoms with van der Waals surface area (Å²) in [6.07, 6.45) is 7.23. The molecule has 30 heavy (non-hydrogen) atoms. The second-order valence-electron chi connectivity index (χ2n) is 8.65. The molecule has 7 nitrogen and oxygen atoms in total. The van der Waals surface area contributed by atoms with Crippen molar-refractivity contribution in [3.8, 4) is 5.13 Å². The van der Waals surface area contributed by atoms with Crippen molar-refractivity contribution in [2.24, 2.45) is 5.92 Å². The maximum absolute atomic E-state index is 12.8. The van der Waals surface area contributed by atoms with Gasteiger partial charge in [0, 0.05) is 37.6 Å². The lowest BCUT2D eigenvalue weighted by Crippen LogP contribution is -2.44. The van der Waals surface area contributed by atoms with Gasteiger partial charge in [-0.25, -0.2) is 0 Å². The fourth-order valence-corrected chi connectivity index (χ4v) is 5.60. The fraction of sp³-hybridized carbons (Fsp3) is 0.682. The average molecular weight is 431 g/mol. The molecule has 0 unspecified atom stereocenters. The highest BCUT2D eigenvalue weighted by Gasteiger charge is 2.28. The Morgan fingerprint density at radius 3 is 2.47 bits per heavy atom. The Labute approximate surface area is 183 Å². The summed E-state index contributed by atoms with van der Waals surface area (Å²) in [4.78, 5) is 17.5. The molecule has 0 saturated carbocycles. The quantitative estimate of drug-likeness (QED) is 0.763. The molecule has 1 atom stereocenters. The van der Waals surface area contributed by atoms with Crippen LogP contribution < -0.4 is 10.2 Å². The third kappa shape index (κ3) is 5.03. The molecule has 8 heteroatoms. The van der Waals surface area contributed by atoms with E-state index in [1.165, 1.54) is 38.8 Å². The molecule has 4 heterocycles. The van der Waals surface area contributed by atoms with Crippen LogP contribution in [0.15, 0.2) is 12.1 Å². The molecule has 164 valence electrons. The van der Waals surface area contributed by atoms with E-state index in [0.29, 0.717) is 0 Å². The van der Waals surface area contributed by atoms with Gasteiger partial charge < -0.3 is 15.1 Å². The molecule has 2 aromatic heterocycles. The number of aromatic nitrogens is 3. The Balaban J connectivity index is 1.30. The number of nitrogens with one attached hydrogen (secondary N) is 1. The third-order valence-corrected chi connectivity index (χ3v) is 7.32. The second kappa shape index (κ2) is 9.92. The molecule has 1 amide bonds. The highest BCUT2D eigenvalue weighted by molar-refractivity contribution is 7.17. The molecule has 0 aromatic carbocycles. The van der Waals surface area contributed by atoms with Crippen molar-refractivity contribution in [3.05, 3.63) is 23.5 Å². The molecule has 2 fully saturated rings. The predicted octanol–water partition coefficient (Wildman–Crippen LogP) is 3.15. The van der Waals surface area contributed by atoms with E-state index < -0.39 is 0 Å². The third-order valence-electron chi connectivity index (χ3n) is 6.35. The van der Waals surface area contributed by atoms with E-state index in [4.69, 9.17) is 0 Å². The van der Waals surface area contributed by atoms with Crippen LogP contribution >= 0.6 is 11.3 Å². The monoisotopic (exact) mass is 430 g/mol. The van der Waals surface area contributed by atoms with Crippen LogP contribution in [0.2, 0.25) is 0 Å². The Morgan fingerprint density at radius 1 is 1.03 bits per heavy atom. The molecule has 1 N–H and O–H groups in total. The van der Waals surface area contributed by atoms with Gasteiger partial charge in [-0.15, -0.1) is 10.2 Å². The molecule has 0 aliphatic carbocycles. The van der Waals surface area contributed by atoms with Crippen molar-refractivity contribution >= 4 is 22.4 Å². The van der Waals surface area contributed by atoms with E-state index in [-0.39, 0.29) is 11.8 Å². The zero-order valence-corrected chi connectivity index (χ0v) is 19.1. The summed E-state index contributed by atoms with van der Waals surface area (Å²) in [7, 11) is 0. The van der Waals surface area contributed by atoms with Crippen LogP contribution in [0.25, 0.3) is 5.13 Å². The highest BCUT2D eigenvalue weighted by atomic mass is 32.1. The van der Waals surface area contributed by atoms with Crippen molar-refractivity contribution in [1.29, 1.82) is 0 Å². The number of carbonyl (C=O) groups excluding carboxylic acids is 1. The van der Waals surface area contributed by atoms with Gasteiger partial charge in [0.1, 0.15) is 0 Å². The number of rotatable bonds is 6. The van der Waals surface area contributed by atoms with Crippen LogP contribution in [-0.2, 0) is 4.79 Å². The first-order chi connectivity index (χ1) is 14.6. The topological polar surface area (TPSA) is 66.3 Å². The van der Waals surface area contributed by atoms with E-state index >= 15 is 0 Å². The molecule has 2 saturated heterocycles. The molecule has 0 spiro atoms. The van der Waals surface area contributed by atoms with Gasteiger partial charge in [0.15, 0.2) is 0 Å². The summed E-state index contributed by atoms with van der Waals surface area (Å²) in [5.41, 5.74) is 2.33. The zero-order chi connectivity index (χ0) is 20.9. The summed E-state index contributed by atoms with van der Waals surface area (Å²) in [6.45, 7) is 9.91. The largest absolute Gasteiger partial charge is 0.355 e. The van der Waals surface area contributed by atoms with Crippen LogP contribution in [-0.4, -0.2) is 64.8 Å². The summed E-state index contributed by atoms with van der Waals surface area (Å²) < 4.78 is 2.14. The fourth-order valence-electron chi connectivity index (χ4n) is 4.60. The maximum Gasteiger partial charge on any atom is 0.224 e. The van der Waals surface area contributed by atoms with Crippen LogP contribution in [0.3, 0.4) is 0 Å². The van der Waals surface area contributed by atoms with Gasteiger partial charge in [0.2, 0.25) is 16.2 Å². The van der Waals surface area contributed by atoms with Gasteiger partial charge in [-0.1, -0.05) is 24.2 Å². The first-order valence-electron chi connectivity index (χ1n) is 11.4. The number of anilines is 1. The first-order valence-corrected chi connectivity index (χ1v) is 12.2. The Hall–Kier alpha value is -1.93. The van der Waals surface area contributed by atoms with Gasteiger partial charge in [-0.05, 0) is 64.8 Å². The Kier molecular flexibility index (Phi) is 7.04. The molecular formula is C22H34N6OS. The average Bonchev–Trinajstić information content (AvgIpc) is 3.26. The van der Waals surface area contributed by atoms with Crippen molar-refractivity contribution in [1.82, 2.24) is 25.0 Å². The van der Waals surface area contributed by atoms with Crippen LogP contribution in [0.5, 0.6) is 0 Å². The number of piperidine rings is 1. The first kappa shape index (κ1) is 21.3. The van der Waals surface area contributed by atoms with E-state index in [2.05, 4.69) is 55.9 Å². The van der Waals surface area contributed by atoms with Gasteiger partial charge >= 0.3 is 0 Å². The minimum absolute atomic E-state index is 0.0327. The molecule has 0 bridgehead atoms. The summed E-state index contributed by atoms with van der Waals surface area (Å²) in [5, 5.41) is 13.9. The zero-order valence-electron chi connectivity index (χ0n) is 18.3. The Morgan fingerprint density at radius 2 is 1.73 bits per heavy atom. The lowest BCUT2D eigenvalue weighted by molar-refractivity contribution is -0.125. The van der Waals surface area contributed by atoms with E-state index in [0.717, 1.165) is 60.7 Å². The lowest BCUT2D eigenvalue weighted by atomic mass is 9.97. The minimum Gasteiger partial charge on any atom is -0.355 e.